The first-order valence-corrected chi connectivity index (χ1v) is 6.84. The predicted octanol–water partition coefficient (Wildman–Crippen LogP) is 4.74. The van der Waals surface area contributed by atoms with E-state index in [1.165, 1.54) is 5.56 Å². The normalized spacial score (nSPS) is 13.0. The van der Waals surface area contributed by atoms with E-state index in [-0.39, 0.29) is 5.41 Å². The number of hydrogen-bond acceptors (Lipinski definition) is 1. The van der Waals surface area contributed by atoms with E-state index in [0.29, 0.717) is 0 Å². The molecular formula is C13H18Br2O. The molecule has 1 aromatic carbocycles. The van der Waals surface area contributed by atoms with Gasteiger partial charge in [-0.1, -0.05) is 26.8 Å². The number of halogens is 2. The van der Waals surface area contributed by atoms with Gasteiger partial charge in [-0.15, -0.1) is 0 Å². The van der Waals surface area contributed by atoms with Crippen molar-refractivity contribution in [2.45, 2.75) is 45.6 Å². The molecule has 1 aromatic rings. The maximum atomic E-state index is 10.1. The molecule has 0 bridgehead atoms. The fourth-order valence-corrected chi connectivity index (χ4v) is 2.64. The smallest absolute Gasteiger partial charge is 0.0851 e. The molecule has 0 atom stereocenters. The van der Waals surface area contributed by atoms with Crippen LogP contribution in [-0.4, -0.2) is 5.11 Å². The van der Waals surface area contributed by atoms with Crippen molar-refractivity contribution in [2.24, 2.45) is 0 Å². The van der Waals surface area contributed by atoms with Crippen molar-refractivity contribution in [1.82, 2.24) is 0 Å². The Morgan fingerprint density at radius 1 is 1.00 bits per heavy atom. The van der Waals surface area contributed by atoms with Crippen LogP contribution in [0.5, 0.6) is 0 Å². The van der Waals surface area contributed by atoms with Gasteiger partial charge in [0.05, 0.1) is 5.60 Å². The van der Waals surface area contributed by atoms with Gasteiger partial charge in [0, 0.05) is 8.95 Å². The minimum Gasteiger partial charge on any atom is -0.386 e. The highest BCUT2D eigenvalue weighted by Crippen LogP contribution is 2.37. The van der Waals surface area contributed by atoms with Crippen molar-refractivity contribution in [3.8, 4) is 0 Å². The maximum Gasteiger partial charge on any atom is 0.0851 e. The van der Waals surface area contributed by atoms with Gasteiger partial charge < -0.3 is 5.11 Å². The quantitative estimate of drug-likeness (QED) is 0.776. The summed E-state index contributed by atoms with van der Waals surface area (Å²) in [6.45, 7) is 10.1. The van der Waals surface area contributed by atoms with E-state index in [1.54, 1.807) is 13.8 Å². The van der Waals surface area contributed by atoms with Crippen LogP contribution in [0.15, 0.2) is 21.1 Å². The van der Waals surface area contributed by atoms with Crippen molar-refractivity contribution >= 4 is 31.9 Å². The van der Waals surface area contributed by atoms with E-state index in [2.05, 4.69) is 64.8 Å². The highest BCUT2D eigenvalue weighted by Gasteiger charge is 2.24. The lowest BCUT2D eigenvalue weighted by atomic mass is 9.84. The van der Waals surface area contributed by atoms with Crippen molar-refractivity contribution in [2.75, 3.05) is 0 Å². The Balaban J connectivity index is 3.46. The number of aliphatic hydroxyl groups is 1. The predicted molar refractivity (Wildman–Crippen MR) is 75.8 cm³/mol. The van der Waals surface area contributed by atoms with Crippen LogP contribution < -0.4 is 0 Å². The Morgan fingerprint density at radius 3 is 1.88 bits per heavy atom. The van der Waals surface area contributed by atoms with Gasteiger partial charge in [-0.05, 0) is 68.3 Å². The molecule has 0 aliphatic heterocycles. The lowest BCUT2D eigenvalue weighted by molar-refractivity contribution is 0.0776. The maximum absolute atomic E-state index is 10.1. The molecular weight excluding hydrogens is 332 g/mol. The molecule has 0 aromatic heterocycles. The Kier molecular flexibility index (Phi) is 3.93. The SMILES string of the molecule is CC(C)(C)c1cc(Br)c(Br)c(C(C)(C)O)c1. The lowest BCUT2D eigenvalue weighted by Gasteiger charge is -2.26. The average Bonchev–Trinajstić information content (AvgIpc) is 2.05. The first kappa shape index (κ1) is 14.2. The van der Waals surface area contributed by atoms with E-state index in [1.807, 2.05) is 0 Å². The Hall–Kier alpha value is 0.140. The molecule has 0 radical (unpaired) electrons. The van der Waals surface area contributed by atoms with Gasteiger partial charge >= 0.3 is 0 Å². The Labute approximate surface area is 115 Å². The Morgan fingerprint density at radius 2 is 1.50 bits per heavy atom. The molecule has 0 fully saturated rings. The number of rotatable bonds is 1. The molecule has 0 aliphatic rings. The highest BCUT2D eigenvalue weighted by atomic mass is 79.9. The molecule has 0 saturated carbocycles. The molecule has 1 rings (SSSR count). The molecule has 0 saturated heterocycles. The summed E-state index contributed by atoms with van der Waals surface area (Å²) in [6, 6.07) is 4.16. The molecule has 0 aliphatic carbocycles. The van der Waals surface area contributed by atoms with E-state index in [4.69, 9.17) is 0 Å². The second-order valence-electron chi connectivity index (χ2n) is 5.63. The monoisotopic (exact) mass is 348 g/mol. The van der Waals surface area contributed by atoms with Gasteiger partial charge in [0.2, 0.25) is 0 Å². The van der Waals surface area contributed by atoms with Crippen molar-refractivity contribution in [3.05, 3.63) is 32.2 Å². The fourth-order valence-electron chi connectivity index (χ4n) is 1.47. The summed E-state index contributed by atoms with van der Waals surface area (Å²) in [7, 11) is 0. The summed E-state index contributed by atoms with van der Waals surface area (Å²) in [5.41, 5.74) is 1.35. The molecule has 0 amide bonds. The number of benzene rings is 1. The van der Waals surface area contributed by atoms with Crippen LogP contribution in [0.1, 0.15) is 45.7 Å². The zero-order chi connectivity index (χ0) is 12.7. The van der Waals surface area contributed by atoms with Crippen molar-refractivity contribution in [1.29, 1.82) is 0 Å². The number of hydrogen-bond donors (Lipinski definition) is 1. The van der Waals surface area contributed by atoms with Crippen LogP contribution in [0.25, 0.3) is 0 Å². The largest absolute Gasteiger partial charge is 0.386 e. The zero-order valence-electron chi connectivity index (χ0n) is 10.4. The van der Waals surface area contributed by atoms with Crippen LogP contribution >= 0.6 is 31.9 Å². The van der Waals surface area contributed by atoms with Crippen molar-refractivity contribution < 1.29 is 5.11 Å². The van der Waals surface area contributed by atoms with Gasteiger partial charge in [-0.25, -0.2) is 0 Å². The second-order valence-corrected chi connectivity index (χ2v) is 7.28. The summed E-state index contributed by atoms with van der Waals surface area (Å²) in [4.78, 5) is 0. The summed E-state index contributed by atoms with van der Waals surface area (Å²) >= 11 is 7.03. The van der Waals surface area contributed by atoms with Gasteiger partial charge in [-0.3, -0.25) is 0 Å². The molecule has 1 nitrogen and oxygen atoms in total. The van der Waals surface area contributed by atoms with E-state index < -0.39 is 5.60 Å². The molecule has 0 unspecified atom stereocenters. The average molecular weight is 350 g/mol. The highest BCUT2D eigenvalue weighted by molar-refractivity contribution is 9.13. The minimum atomic E-state index is -0.845. The van der Waals surface area contributed by atoms with Gasteiger partial charge in [-0.2, -0.15) is 0 Å². The van der Waals surface area contributed by atoms with Gasteiger partial charge in [0.1, 0.15) is 0 Å². The standard InChI is InChI=1S/C13H18Br2O/c1-12(2,3)8-6-9(13(4,5)16)11(15)10(14)7-8/h6-7,16H,1-5H3. The molecule has 0 spiro atoms. The molecule has 0 heterocycles. The van der Waals surface area contributed by atoms with Crippen LogP contribution in [0.3, 0.4) is 0 Å². The third-order valence-electron chi connectivity index (χ3n) is 2.55. The van der Waals surface area contributed by atoms with Crippen molar-refractivity contribution in [3.63, 3.8) is 0 Å². The molecule has 90 valence electrons. The lowest BCUT2D eigenvalue weighted by Crippen LogP contribution is -2.19. The molecule has 16 heavy (non-hydrogen) atoms. The van der Waals surface area contributed by atoms with Gasteiger partial charge in [0.25, 0.3) is 0 Å². The first-order chi connectivity index (χ1) is 7.03. The summed E-state index contributed by atoms with van der Waals surface area (Å²) in [5, 5.41) is 10.1. The van der Waals surface area contributed by atoms with E-state index in [9.17, 15) is 5.11 Å². The first-order valence-electron chi connectivity index (χ1n) is 5.26. The molecule has 1 N–H and O–H groups in total. The zero-order valence-corrected chi connectivity index (χ0v) is 13.5. The summed E-state index contributed by atoms with van der Waals surface area (Å²) < 4.78 is 1.91. The fraction of sp³-hybridized carbons (Fsp3) is 0.538. The molecule has 3 heteroatoms. The van der Waals surface area contributed by atoms with Gasteiger partial charge in [0.15, 0.2) is 0 Å². The van der Waals surface area contributed by atoms with Crippen LogP contribution in [-0.2, 0) is 11.0 Å². The third kappa shape index (κ3) is 3.08. The van der Waals surface area contributed by atoms with Crippen LogP contribution in [0.2, 0.25) is 0 Å². The third-order valence-corrected chi connectivity index (χ3v) is 4.57. The second kappa shape index (κ2) is 4.43. The van der Waals surface area contributed by atoms with E-state index >= 15 is 0 Å². The van der Waals surface area contributed by atoms with Crippen LogP contribution in [0.4, 0.5) is 0 Å². The topological polar surface area (TPSA) is 20.2 Å². The summed E-state index contributed by atoms with van der Waals surface area (Å²) in [5.74, 6) is 0. The van der Waals surface area contributed by atoms with E-state index in [0.717, 1.165) is 14.5 Å². The summed E-state index contributed by atoms with van der Waals surface area (Å²) in [6.07, 6.45) is 0. The van der Waals surface area contributed by atoms with Crippen LogP contribution in [0, 0.1) is 0 Å². The minimum absolute atomic E-state index is 0.0726. The Bertz CT molecular complexity index is 398.